The Morgan fingerprint density at radius 2 is 0.493 bits per heavy atom. The van der Waals surface area contributed by atoms with Gasteiger partial charge in [0, 0.05) is 53.9 Å². The molecule has 0 atom stereocenters. The normalized spacial score (nSPS) is 12.2. The van der Waals surface area contributed by atoms with E-state index >= 15 is 0 Å². The first kappa shape index (κ1) is 38.1. The van der Waals surface area contributed by atoms with Gasteiger partial charge < -0.3 is 0 Å². The van der Waals surface area contributed by atoms with Crippen molar-refractivity contribution in [3.05, 3.63) is 224 Å². The zero-order valence-electron chi connectivity index (χ0n) is 37.9. The van der Waals surface area contributed by atoms with Crippen LogP contribution in [0.3, 0.4) is 0 Å². The molecular weight excluding hydrogens is 871 g/mol. The van der Waals surface area contributed by atoms with Crippen LogP contribution in [-0.4, -0.2) is 42.8 Å². The van der Waals surface area contributed by atoms with Gasteiger partial charge in [0.1, 0.15) is 11.6 Å². The number of benzene rings is 9. The summed E-state index contributed by atoms with van der Waals surface area (Å²) in [5.41, 5.74) is 10.4. The lowest BCUT2D eigenvalue weighted by atomic mass is 10.1. The van der Waals surface area contributed by atoms with Gasteiger partial charge in [0.05, 0.1) is 55.2 Å². The molecule has 9 aromatic carbocycles. The fourth-order valence-corrected chi connectivity index (χ4v) is 11.7. The standard InChI is InChI=1S/C62H37N9/c1-9-26-47-38(18-1)39-19-2-10-27-48(39)67(47)56-34-17-35-57(63-56)71-53-32-15-7-24-44(53)45-36-37-55-58(59(45)71)46-25-8-16-33-54(46)70(55)62-65-60(68-49-28-11-3-20-40(49)41-21-4-12-29-50(41)68)64-61(66-62)69-51-30-13-5-22-42(51)43-23-6-14-31-52(43)69/h1-37H. The summed E-state index contributed by atoms with van der Waals surface area (Å²) < 4.78 is 11.2. The van der Waals surface area contributed by atoms with Gasteiger partial charge in [-0.1, -0.05) is 158 Å². The minimum absolute atomic E-state index is 0.508. The maximum atomic E-state index is 5.57. The summed E-state index contributed by atoms with van der Waals surface area (Å²) in [6.45, 7) is 0. The zero-order chi connectivity index (χ0) is 46.3. The molecule has 71 heavy (non-hydrogen) atoms. The molecule has 9 nitrogen and oxygen atoms in total. The Morgan fingerprint density at radius 1 is 0.197 bits per heavy atom. The Balaban J connectivity index is 1.01. The third-order valence-corrected chi connectivity index (χ3v) is 14.6. The van der Waals surface area contributed by atoms with Gasteiger partial charge >= 0.3 is 0 Å². The Kier molecular flexibility index (Phi) is 7.70. The monoisotopic (exact) mass is 907 g/mol. The molecule has 0 saturated carbocycles. The first-order valence-electron chi connectivity index (χ1n) is 23.9. The molecule has 0 amide bonds. The average molecular weight is 908 g/mol. The van der Waals surface area contributed by atoms with Crippen molar-refractivity contribution in [1.29, 1.82) is 0 Å². The van der Waals surface area contributed by atoms with Gasteiger partial charge in [-0.05, 0) is 66.7 Å². The second-order valence-electron chi connectivity index (χ2n) is 18.3. The number of pyridine rings is 1. The Morgan fingerprint density at radius 3 is 0.901 bits per heavy atom. The van der Waals surface area contributed by atoms with Crippen LogP contribution in [0, 0.1) is 0 Å². The second kappa shape index (κ2) is 14.3. The highest BCUT2D eigenvalue weighted by Crippen LogP contribution is 2.43. The fourth-order valence-electron chi connectivity index (χ4n) is 11.7. The summed E-state index contributed by atoms with van der Waals surface area (Å²) in [5, 5.41) is 11.4. The van der Waals surface area contributed by atoms with Crippen molar-refractivity contribution in [2.75, 3.05) is 0 Å². The Bertz CT molecular complexity index is 4610. The lowest BCUT2D eigenvalue weighted by Gasteiger charge is -2.14. The molecule has 0 saturated heterocycles. The van der Waals surface area contributed by atoms with Gasteiger partial charge in [0.15, 0.2) is 0 Å². The average Bonchev–Trinajstić information content (AvgIpc) is 4.23. The molecule has 0 aliphatic rings. The minimum atomic E-state index is 0.508. The van der Waals surface area contributed by atoms with E-state index in [0.717, 1.165) is 110 Å². The van der Waals surface area contributed by atoms with E-state index in [1.165, 1.54) is 10.8 Å². The van der Waals surface area contributed by atoms with Crippen LogP contribution in [0.25, 0.3) is 139 Å². The van der Waals surface area contributed by atoms with Gasteiger partial charge in [0.25, 0.3) is 0 Å². The molecule has 330 valence electrons. The lowest BCUT2D eigenvalue weighted by Crippen LogP contribution is -2.13. The van der Waals surface area contributed by atoms with Crippen molar-refractivity contribution in [2.45, 2.75) is 0 Å². The number of nitrogens with zero attached hydrogens (tertiary/aromatic N) is 9. The van der Waals surface area contributed by atoms with Crippen molar-refractivity contribution < 1.29 is 0 Å². The predicted octanol–water partition coefficient (Wildman–Crippen LogP) is 14.8. The van der Waals surface area contributed by atoms with E-state index in [1.807, 2.05) is 0 Å². The van der Waals surface area contributed by atoms with Crippen LogP contribution in [-0.2, 0) is 0 Å². The molecular formula is C62H37N9. The van der Waals surface area contributed by atoms with Crippen LogP contribution in [0.15, 0.2) is 224 Å². The van der Waals surface area contributed by atoms with Gasteiger partial charge in [-0.15, -0.1) is 0 Å². The van der Waals surface area contributed by atoms with Crippen LogP contribution in [0.5, 0.6) is 0 Å². The van der Waals surface area contributed by atoms with Crippen LogP contribution in [0.4, 0.5) is 0 Å². The molecule has 0 N–H and O–H groups in total. The molecule has 7 heterocycles. The van der Waals surface area contributed by atoms with Crippen LogP contribution in [0.1, 0.15) is 0 Å². The minimum Gasteiger partial charge on any atom is -0.294 e. The topological polar surface area (TPSA) is 76.2 Å². The third kappa shape index (κ3) is 5.23. The summed E-state index contributed by atoms with van der Waals surface area (Å²) in [7, 11) is 0. The van der Waals surface area contributed by atoms with Crippen LogP contribution < -0.4 is 0 Å². The molecule has 0 aliphatic heterocycles. The van der Waals surface area contributed by atoms with Crippen molar-refractivity contribution in [2.24, 2.45) is 0 Å². The smallest absolute Gasteiger partial charge is 0.241 e. The summed E-state index contributed by atoms with van der Waals surface area (Å²) in [4.78, 5) is 22.1. The quantitative estimate of drug-likeness (QED) is 0.172. The third-order valence-electron chi connectivity index (χ3n) is 14.6. The first-order valence-corrected chi connectivity index (χ1v) is 23.9. The van der Waals surface area contributed by atoms with Crippen molar-refractivity contribution in [1.82, 2.24) is 42.8 Å². The van der Waals surface area contributed by atoms with E-state index < -0.39 is 0 Å². The highest BCUT2D eigenvalue weighted by Gasteiger charge is 2.26. The van der Waals surface area contributed by atoms with E-state index in [2.05, 4.69) is 247 Å². The highest BCUT2D eigenvalue weighted by molar-refractivity contribution is 6.26. The zero-order valence-corrected chi connectivity index (χ0v) is 37.9. The SMILES string of the molecule is c1cc(-n2c3ccccc3c3ccccc32)nc(-n2c3ccccc3c3ccc4c(c5ccccc5n4-c4nc(-n5c6ccccc6c6ccccc65)nc(-n5c6ccccc6c6ccccc65)n4)c32)c1. The number of hydrogen-bond acceptors (Lipinski definition) is 4. The Labute approximate surface area is 404 Å². The Hall–Kier alpha value is -9.86. The maximum Gasteiger partial charge on any atom is 0.241 e. The van der Waals surface area contributed by atoms with E-state index in [1.54, 1.807) is 0 Å². The number of rotatable bonds is 5. The summed E-state index contributed by atoms with van der Waals surface area (Å²) >= 11 is 0. The number of hydrogen-bond donors (Lipinski definition) is 0. The molecule has 9 heteroatoms. The van der Waals surface area contributed by atoms with E-state index in [0.29, 0.717) is 17.8 Å². The summed E-state index contributed by atoms with van der Waals surface area (Å²) in [6, 6.07) is 79.3. The van der Waals surface area contributed by atoms with Gasteiger partial charge in [-0.25, -0.2) is 4.98 Å². The van der Waals surface area contributed by atoms with Crippen molar-refractivity contribution >= 4 is 109 Å². The molecule has 0 fully saturated rings. The molecule has 0 spiro atoms. The predicted molar refractivity (Wildman–Crippen MR) is 289 cm³/mol. The number of aromatic nitrogens is 9. The first-order chi connectivity index (χ1) is 35.3. The van der Waals surface area contributed by atoms with Crippen LogP contribution >= 0.6 is 0 Å². The van der Waals surface area contributed by atoms with E-state index in [4.69, 9.17) is 19.9 Å². The summed E-state index contributed by atoms with van der Waals surface area (Å²) in [6.07, 6.45) is 0. The molecule has 0 aliphatic carbocycles. The molecule has 7 aromatic heterocycles. The lowest BCUT2D eigenvalue weighted by molar-refractivity contribution is 0.848. The molecule has 0 radical (unpaired) electrons. The van der Waals surface area contributed by atoms with E-state index in [-0.39, 0.29) is 0 Å². The molecule has 16 rings (SSSR count). The van der Waals surface area contributed by atoms with E-state index in [9.17, 15) is 0 Å². The van der Waals surface area contributed by atoms with Gasteiger partial charge in [0.2, 0.25) is 17.8 Å². The fraction of sp³-hybridized carbons (Fsp3) is 0. The molecule has 0 unspecified atom stereocenters. The molecule has 0 bridgehead atoms. The summed E-state index contributed by atoms with van der Waals surface area (Å²) in [5.74, 6) is 3.23. The molecule has 16 aromatic rings. The van der Waals surface area contributed by atoms with Crippen molar-refractivity contribution in [3.63, 3.8) is 0 Å². The number of fused-ring (bicyclic) bond motifs is 16. The second-order valence-corrected chi connectivity index (χ2v) is 18.3. The number of para-hydroxylation sites is 8. The van der Waals surface area contributed by atoms with Crippen molar-refractivity contribution in [3.8, 4) is 29.5 Å². The van der Waals surface area contributed by atoms with Gasteiger partial charge in [-0.2, -0.15) is 15.0 Å². The van der Waals surface area contributed by atoms with Gasteiger partial charge in [-0.3, -0.25) is 22.8 Å². The highest BCUT2D eigenvalue weighted by atomic mass is 15.3. The van der Waals surface area contributed by atoms with Crippen LogP contribution in [0.2, 0.25) is 0 Å². The maximum absolute atomic E-state index is 5.57. The largest absolute Gasteiger partial charge is 0.294 e.